The fourth-order valence-electron chi connectivity index (χ4n) is 5.34. The molecule has 35 heavy (non-hydrogen) atoms. The van der Waals surface area contributed by atoms with Crippen molar-refractivity contribution in [1.29, 1.82) is 0 Å². The Morgan fingerprint density at radius 1 is 1.00 bits per heavy atom. The molecular formula is C27H44O8. The first-order chi connectivity index (χ1) is 16.0. The molecule has 200 valence electrons. The molecule has 2 bridgehead atoms. The van der Waals surface area contributed by atoms with Gasteiger partial charge in [-0.25, -0.2) is 0 Å². The molecule has 0 aromatic carbocycles. The topological polar surface area (TPSA) is 97.4 Å². The Bertz CT molecular complexity index is 850. The van der Waals surface area contributed by atoms with Crippen LogP contribution in [0.3, 0.4) is 0 Å². The maximum atomic E-state index is 12.2. The quantitative estimate of drug-likeness (QED) is 0.465. The molecule has 0 aromatic heterocycles. The van der Waals surface area contributed by atoms with Crippen molar-refractivity contribution in [1.82, 2.24) is 0 Å². The van der Waals surface area contributed by atoms with Gasteiger partial charge in [0.05, 0.1) is 29.3 Å². The van der Waals surface area contributed by atoms with Crippen molar-refractivity contribution in [2.24, 2.45) is 28.6 Å². The summed E-state index contributed by atoms with van der Waals surface area (Å²) >= 11 is 0. The van der Waals surface area contributed by atoms with Gasteiger partial charge in [-0.15, -0.1) is 0 Å². The third kappa shape index (κ3) is 5.38. The van der Waals surface area contributed by atoms with E-state index in [1.807, 2.05) is 55.4 Å². The van der Waals surface area contributed by atoms with E-state index < -0.39 is 28.0 Å². The van der Waals surface area contributed by atoms with E-state index in [2.05, 4.69) is 0 Å². The summed E-state index contributed by atoms with van der Waals surface area (Å²) in [5.41, 5.74) is -1.55. The molecule has 2 aliphatic heterocycles. The van der Waals surface area contributed by atoms with Crippen molar-refractivity contribution < 1.29 is 38.1 Å². The number of fused-ring (bicyclic) bond motifs is 1. The van der Waals surface area contributed by atoms with Crippen LogP contribution in [0.25, 0.3) is 0 Å². The van der Waals surface area contributed by atoms with Crippen LogP contribution in [-0.2, 0) is 38.1 Å². The molecule has 0 radical (unpaired) electrons. The zero-order chi connectivity index (χ0) is 26.4. The van der Waals surface area contributed by atoms with E-state index in [4.69, 9.17) is 23.7 Å². The molecule has 4 aliphatic rings. The summed E-state index contributed by atoms with van der Waals surface area (Å²) in [4.78, 5) is 36.0. The molecule has 6 unspecified atom stereocenters. The van der Waals surface area contributed by atoms with Crippen molar-refractivity contribution in [3.63, 3.8) is 0 Å². The molecule has 8 heteroatoms. The van der Waals surface area contributed by atoms with Gasteiger partial charge in [0.15, 0.2) is 5.79 Å². The number of hydrogen-bond donors (Lipinski definition) is 0. The van der Waals surface area contributed by atoms with Crippen LogP contribution in [0, 0.1) is 28.6 Å². The van der Waals surface area contributed by atoms with Crippen molar-refractivity contribution in [2.75, 3.05) is 13.7 Å². The van der Waals surface area contributed by atoms with Crippen LogP contribution in [0.2, 0.25) is 0 Å². The van der Waals surface area contributed by atoms with E-state index in [9.17, 15) is 14.4 Å². The number of carbonyl (C=O) groups is 3. The van der Waals surface area contributed by atoms with Crippen LogP contribution in [0.15, 0.2) is 0 Å². The molecule has 0 spiro atoms. The molecule has 4 rings (SSSR count). The number of methoxy groups -OCH3 is 1. The second-order valence-corrected chi connectivity index (χ2v) is 12.5. The Balaban J connectivity index is 0.000000196. The highest BCUT2D eigenvalue weighted by atomic mass is 16.7. The summed E-state index contributed by atoms with van der Waals surface area (Å²) in [7, 11) is 1.60. The molecule has 2 saturated heterocycles. The normalized spacial score (nSPS) is 37.5. The Kier molecular flexibility index (Phi) is 7.44. The highest BCUT2D eigenvalue weighted by molar-refractivity contribution is 5.80. The number of esters is 3. The molecule has 2 saturated carbocycles. The van der Waals surface area contributed by atoms with Gasteiger partial charge < -0.3 is 23.7 Å². The summed E-state index contributed by atoms with van der Waals surface area (Å²) in [5, 5.41) is 0. The van der Waals surface area contributed by atoms with Crippen molar-refractivity contribution in [2.45, 2.75) is 111 Å². The lowest BCUT2D eigenvalue weighted by Gasteiger charge is -2.33. The Labute approximate surface area is 209 Å². The van der Waals surface area contributed by atoms with E-state index in [1.165, 1.54) is 0 Å². The van der Waals surface area contributed by atoms with Gasteiger partial charge in [0.2, 0.25) is 0 Å². The highest BCUT2D eigenvalue weighted by Gasteiger charge is 2.68. The predicted octanol–water partition coefficient (Wildman–Crippen LogP) is 4.77. The van der Waals surface area contributed by atoms with E-state index in [1.54, 1.807) is 7.11 Å². The van der Waals surface area contributed by atoms with Crippen molar-refractivity contribution >= 4 is 17.9 Å². The first kappa shape index (κ1) is 27.9. The molecule has 0 aromatic rings. The second-order valence-electron chi connectivity index (χ2n) is 12.5. The molecule has 8 nitrogen and oxygen atoms in total. The molecule has 4 fully saturated rings. The number of hydrogen-bond acceptors (Lipinski definition) is 8. The van der Waals surface area contributed by atoms with Gasteiger partial charge in [0, 0.05) is 20.0 Å². The van der Waals surface area contributed by atoms with E-state index in [-0.39, 0.29) is 29.7 Å². The maximum absolute atomic E-state index is 12.2. The van der Waals surface area contributed by atoms with Crippen LogP contribution in [0.5, 0.6) is 0 Å². The standard InChI is InChI=1S/C14H20O4.C13H24O4/c1-4-13(2,3)12(16)18-14-7-8-5-9(10(14)6-8)11(15)17-14;1-7-11(2,3)10(14)17-12(4)8-13(5,15-6)16-9-12/h8-10H,4-7H2,1-3H3;7-9H2,1-6H3. The van der Waals surface area contributed by atoms with E-state index >= 15 is 0 Å². The van der Waals surface area contributed by atoms with Crippen LogP contribution >= 0.6 is 0 Å². The van der Waals surface area contributed by atoms with Crippen LogP contribution in [-0.4, -0.2) is 48.8 Å². The number of rotatable bonds is 7. The minimum absolute atomic E-state index is 0.0266. The maximum Gasteiger partial charge on any atom is 0.314 e. The van der Waals surface area contributed by atoms with Gasteiger partial charge in [0.25, 0.3) is 5.79 Å². The average molecular weight is 497 g/mol. The predicted molar refractivity (Wildman–Crippen MR) is 128 cm³/mol. The van der Waals surface area contributed by atoms with E-state index in [0.29, 0.717) is 31.8 Å². The molecule has 6 atom stereocenters. The number of ether oxygens (including phenoxy) is 5. The second kappa shape index (κ2) is 9.33. The Morgan fingerprint density at radius 3 is 2.06 bits per heavy atom. The molecule has 0 amide bonds. The lowest BCUT2D eigenvalue weighted by molar-refractivity contribution is -0.229. The monoisotopic (exact) mass is 496 g/mol. The van der Waals surface area contributed by atoms with Crippen LogP contribution in [0.4, 0.5) is 0 Å². The van der Waals surface area contributed by atoms with Gasteiger partial charge >= 0.3 is 17.9 Å². The number of carbonyl (C=O) groups excluding carboxylic acids is 3. The smallest absolute Gasteiger partial charge is 0.314 e. The molecule has 0 N–H and O–H groups in total. The van der Waals surface area contributed by atoms with Crippen LogP contribution < -0.4 is 0 Å². The Hall–Kier alpha value is -1.67. The van der Waals surface area contributed by atoms with Crippen molar-refractivity contribution in [3.05, 3.63) is 0 Å². The summed E-state index contributed by atoms with van der Waals surface area (Å²) in [6.45, 7) is 15.6. The molecule has 2 heterocycles. The lowest BCUT2D eigenvalue weighted by atomic mass is 9.86. The van der Waals surface area contributed by atoms with Crippen molar-refractivity contribution in [3.8, 4) is 0 Å². The summed E-state index contributed by atoms with van der Waals surface area (Å²) in [6.07, 6.45) is 4.61. The first-order valence-corrected chi connectivity index (χ1v) is 12.9. The SMILES string of the molecule is CCC(C)(C)C(=O)OC1(C)COC(C)(OC)C1.CCC(C)(C)C(=O)OC12CC3CC(C(=O)O1)C2C3. The first-order valence-electron chi connectivity index (χ1n) is 12.9. The van der Waals surface area contributed by atoms with Gasteiger partial charge in [0.1, 0.15) is 5.60 Å². The zero-order valence-corrected chi connectivity index (χ0v) is 22.9. The lowest BCUT2D eigenvalue weighted by Crippen LogP contribution is -2.42. The third-order valence-electron chi connectivity index (χ3n) is 8.66. The van der Waals surface area contributed by atoms with Crippen LogP contribution in [0.1, 0.15) is 93.9 Å². The fraction of sp³-hybridized carbons (Fsp3) is 0.889. The summed E-state index contributed by atoms with van der Waals surface area (Å²) in [6, 6.07) is 0. The van der Waals surface area contributed by atoms with Gasteiger partial charge in [-0.1, -0.05) is 13.8 Å². The highest BCUT2D eigenvalue weighted by Crippen LogP contribution is 2.61. The molecule has 2 aliphatic carbocycles. The van der Waals surface area contributed by atoms with Gasteiger partial charge in [-0.05, 0) is 73.1 Å². The average Bonchev–Trinajstić information content (AvgIpc) is 3.47. The molecular weight excluding hydrogens is 452 g/mol. The third-order valence-corrected chi connectivity index (χ3v) is 8.66. The van der Waals surface area contributed by atoms with E-state index in [0.717, 1.165) is 19.3 Å². The minimum Gasteiger partial charge on any atom is -0.456 e. The minimum atomic E-state index is -0.922. The largest absolute Gasteiger partial charge is 0.456 e. The van der Waals surface area contributed by atoms with Gasteiger partial charge in [-0.3, -0.25) is 14.4 Å². The summed E-state index contributed by atoms with van der Waals surface area (Å²) < 4.78 is 27.6. The zero-order valence-electron chi connectivity index (χ0n) is 22.9. The van der Waals surface area contributed by atoms with Gasteiger partial charge in [-0.2, -0.15) is 0 Å². The fourth-order valence-corrected chi connectivity index (χ4v) is 5.34. The summed E-state index contributed by atoms with van der Waals surface area (Å²) in [5.74, 6) is -1.59. The Morgan fingerprint density at radius 2 is 1.57 bits per heavy atom.